The second-order valence-electron chi connectivity index (χ2n) is 6.31. The lowest BCUT2D eigenvalue weighted by atomic mass is 10.1. The summed E-state index contributed by atoms with van der Waals surface area (Å²) >= 11 is 0. The average molecular weight is 313 g/mol. The lowest BCUT2D eigenvalue weighted by Crippen LogP contribution is -2.51. The molecule has 1 saturated carbocycles. The summed E-state index contributed by atoms with van der Waals surface area (Å²) in [7, 11) is 0. The van der Waals surface area contributed by atoms with E-state index < -0.39 is 0 Å². The molecule has 0 unspecified atom stereocenters. The van der Waals surface area contributed by atoms with Crippen molar-refractivity contribution in [2.24, 2.45) is 5.92 Å². The molecule has 2 amide bonds. The van der Waals surface area contributed by atoms with Gasteiger partial charge < -0.3 is 14.2 Å². The van der Waals surface area contributed by atoms with Crippen LogP contribution in [0.1, 0.15) is 29.1 Å². The molecule has 1 aromatic carbocycles. The molecule has 0 spiro atoms. The third-order valence-electron chi connectivity index (χ3n) is 4.55. The van der Waals surface area contributed by atoms with Crippen LogP contribution in [0.5, 0.6) is 0 Å². The third kappa shape index (κ3) is 2.69. The Labute approximate surface area is 134 Å². The van der Waals surface area contributed by atoms with E-state index in [1.807, 2.05) is 11.0 Å². The quantitative estimate of drug-likeness (QED) is 0.848. The minimum atomic E-state index is -0.0144. The maximum atomic E-state index is 12.6. The van der Waals surface area contributed by atoms with Crippen LogP contribution in [0, 0.1) is 12.8 Å². The molecule has 2 aliphatic rings. The first kappa shape index (κ1) is 14.2. The van der Waals surface area contributed by atoms with Gasteiger partial charge in [-0.25, -0.2) is 4.98 Å². The Morgan fingerprint density at radius 3 is 2.52 bits per heavy atom. The Hall–Kier alpha value is -2.37. The van der Waals surface area contributed by atoms with Gasteiger partial charge in [-0.1, -0.05) is 0 Å². The van der Waals surface area contributed by atoms with Gasteiger partial charge in [0, 0.05) is 44.6 Å². The highest BCUT2D eigenvalue weighted by Crippen LogP contribution is 2.31. The predicted molar refractivity (Wildman–Crippen MR) is 84.0 cm³/mol. The van der Waals surface area contributed by atoms with Gasteiger partial charge >= 0.3 is 0 Å². The Morgan fingerprint density at radius 1 is 1.13 bits per heavy atom. The van der Waals surface area contributed by atoms with Gasteiger partial charge in [-0.3, -0.25) is 9.59 Å². The van der Waals surface area contributed by atoms with Gasteiger partial charge in [0.25, 0.3) is 5.91 Å². The summed E-state index contributed by atoms with van der Waals surface area (Å²) in [4.78, 5) is 32.6. The zero-order valence-electron chi connectivity index (χ0n) is 13.1. The van der Waals surface area contributed by atoms with Gasteiger partial charge in [-0.15, -0.1) is 0 Å². The van der Waals surface area contributed by atoms with Crippen LogP contribution in [0.2, 0.25) is 0 Å². The second kappa shape index (κ2) is 5.37. The minimum Gasteiger partial charge on any atom is -0.441 e. The van der Waals surface area contributed by atoms with Gasteiger partial charge in [0.15, 0.2) is 11.5 Å². The minimum absolute atomic E-state index is 0.0144. The fourth-order valence-corrected chi connectivity index (χ4v) is 3.07. The van der Waals surface area contributed by atoms with Crippen LogP contribution in [0.25, 0.3) is 11.1 Å². The number of nitrogens with zero attached hydrogens (tertiary/aromatic N) is 3. The van der Waals surface area contributed by atoms with Crippen LogP contribution in [0.4, 0.5) is 0 Å². The summed E-state index contributed by atoms with van der Waals surface area (Å²) in [5.41, 5.74) is 2.01. The number of hydrogen-bond acceptors (Lipinski definition) is 4. The SMILES string of the molecule is Cc1nc2ccc(C(=O)N3CCN(C(=O)C4CC4)CC3)cc2o1. The van der Waals surface area contributed by atoms with E-state index in [4.69, 9.17) is 4.42 Å². The lowest BCUT2D eigenvalue weighted by molar-refractivity contribution is -0.134. The number of benzene rings is 1. The molecule has 1 aromatic heterocycles. The summed E-state index contributed by atoms with van der Waals surface area (Å²) in [6.45, 7) is 4.22. The van der Waals surface area contributed by atoms with E-state index in [9.17, 15) is 9.59 Å². The van der Waals surface area contributed by atoms with Crippen molar-refractivity contribution in [3.63, 3.8) is 0 Å². The fraction of sp³-hybridized carbons (Fsp3) is 0.471. The fourth-order valence-electron chi connectivity index (χ4n) is 3.07. The van der Waals surface area contributed by atoms with E-state index in [1.54, 1.807) is 24.0 Å². The van der Waals surface area contributed by atoms with Crippen molar-refractivity contribution < 1.29 is 14.0 Å². The molecule has 0 N–H and O–H groups in total. The summed E-state index contributed by atoms with van der Waals surface area (Å²) < 4.78 is 5.49. The maximum Gasteiger partial charge on any atom is 0.254 e. The van der Waals surface area contributed by atoms with Gasteiger partial charge in [0.05, 0.1) is 0 Å². The number of piperazine rings is 1. The molecule has 0 bridgehead atoms. The molecular formula is C17H19N3O3. The van der Waals surface area contributed by atoms with E-state index in [-0.39, 0.29) is 17.7 Å². The van der Waals surface area contributed by atoms with E-state index in [2.05, 4.69) is 4.98 Å². The first-order chi connectivity index (χ1) is 11.1. The molecule has 2 fully saturated rings. The smallest absolute Gasteiger partial charge is 0.254 e. The summed E-state index contributed by atoms with van der Waals surface area (Å²) in [6, 6.07) is 5.35. The Morgan fingerprint density at radius 2 is 1.83 bits per heavy atom. The number of fused-ring (bicyclic) bond motifs is 1. The van der Waals surface area contributed by atoms with E-state index in [0.29, 0.717) is 43.2 Å². The zero-order chi connectivity index (χ0) is 16.0. The van der Waals surface area contributed by atoms with Crippen molar-refractivity contribution in [1.82, 2.24) is 14.8 Å². The van der Waals surface area contributed by atoms with Crippen LogP contribution in [0.15, 0.2) is 22.6 Å². The third-order valence-corrected chi connectivity index (χ3v) is 4.55. The van der Waals surface area contributed by atoms with Gasteiger partial charge in [-0.05, 0) is 31.0 Å². The molecule has 1 aliphatic heterocycles. The topological polar surface area (TPSA) is 66.7 Å². The highest BCUT2D eigenvalue weighted by molar-refractivity contribution is 5.97. The van der Waals surface area contributed by atoms with Crippen LogP contribution in [-0.2, 0) is 4.79 Å². The zero-order valence-corrected chi connectivity index (χ0v) is 13.1. The number of carbonyl (C=O) groups excluding carboxylic acids is 2. The summed E-state index contributed by atoms with van der Waals surface area (Å²) in [6.07, 6.45) is 2.04. The van der Waals surface area contributed by atoms with E-state index in [0.717, 1.165) is 18.4 Å². The van der Waals surface area contributed by atoms with Gasteiger partial charge in [0.1, 0.15) is 5.52 Å². The molecule has 6 nitrogen and oxygen atoms in total. The van der Waals surface area contributed by atoms with Crippen molar-refractivity contribution >= 4 is 22.9 Å². The highest BCUT2D eigenvalue weighted by Gasteiger charge is 2.35. The van der Waals surface area contributed by atoms with Crippen LogP contribution in [0.3, 0.4) is 0 Å². The lowest BCUT2D eigenvalue weighted by Gasteiger charge is -2.35. The Bertz CT molecular complexity index is 770. The summed E-state index contributed by atoms with van der Waals surface area (Å²) in [5, 5.41) is 0. The number of amides is 2. The largest absolute Gasteiger partial charge is 0.441 e. The number of aryl methyl sites for hydroxylation is 1. The first-order valence-electron chi connectivity index (χ1n) is 8.07. The predicted octanol–water partition coefficient (Wildman–Crippen LogP) is 1.83. The van der Waals surface area contributed by atoms with Crippen molar-refractivity contribution in [3.8, 4) is 0 Å². The Balaban J connectivity index is 1.45. The van der Waals surface area contributed by atoms with Gasteiger partial charge in [-0.2, -0.15) is 0 Å². The van der Waals surface area contributed by atoms with Crippen molar-refractivity contribution in [2.75, 3.05) is 26.2 Å². The maximum absolute atomic E-state index is 12.6. The molecule has 0 atom stereocenters. The number of carbonyl (C=O) groups is 2. The Kier molecular flexibility index (Phi) is 3.32. The molecule has 23 heavy (non-hydrogen) atoms. The van der Waals surface area contributed by atoms with E-state index in [1.165, 1.54) is 0 Å². The normalized spacial score (nSPS) is 18.5. The van der Waals surface area contributed by atoms with Gasteiger partial charge in [0.2, 0.25) is 5.91 Å². The monoisotopic (exact) mass is 313 g/mol. The first-order valence-corrected chi connectivity index (χ1v) is 8.07. The van der Waals surface area contributed by atoms with Crippen LogP contribution in [-0.4, -0.2) is 52.8 Å². The molecule has 120 valence electrons. The molecule has 1 saturated heterocycles. The van der Waals surface area contributed by atoms with Crippen molar-refractivity contribution in [2.45, 2.75) is 19.8 Å². The molecular weight excluding hydrogens is 294 g/mol. The number of hydrogen-bond donors (Lipinski definition) is 0. The van der Waals surface area contributed by atoms with Crippen molar-refractivity contribution in [3.05, 3.63) is 29.7 Å². The molecule has 6 heteroatoms. The molecule has 0 radical (unpaired) electrons. The molecule has 1 aliphatic carbocycles. The number of rotatable bonds is 2. The summed E-state index contributed by atoms with van der Waals surface area (Å²) in [5.74, 6) is 1.08. The highest BCUT2D eigenvalue weighted by atomic mass is 16.3. The molecule has 2 aromatic rings. The standard InChI is InChI=1S/C17H19N3O3/c1-11-18-14-5-4-13(10-15(14)23-11)17(22)20-8-6-19(7-9-20)16(21)12-2-3-12/h4-5,10,12H,2-3,6-9H2,1H3. The second-order valence-corrected chi connectivity index (χ2v) is 6.31. The average Bonchev–Trinajstić information content (AvgIpc) is 3.34. The molecule has 4 rings (SSSR count). The number of aromatic nitrogens is 1. The molecule has 2 heterocycles. The van der Waals surface area contributed by atoms with Crippen LogP contribution >= 0.6 is 0 Å². The van der Waals surface area contributed by atoms with E-state index >= 15 is 0 Å². The van der Waals surface area contributed by atoms with Crippen molar-refractivity contribution in [1.29, 1.82) is 0 Å². The van der Waals surface area contributed by atoms with Crippen LogP contribution < -0.4 is 0 Å². The number of oxazole rings is 1.